The van der Waals surface area contributed by atoms with Gasteiger partial charge in [0, 0.05) is 23.9 Å². The predicted octanol–water partition coefficient (Wildman–Crippen LogP) is 7.92. The molecule has 2 amide bonds. The maximum Gasteiger partial charge on any atom is 0.264 e. The summed E-state index contributed by atoms with van der Waals surface area (Å²) in [4.78, 5) is 31.3. The Bertz CT molecular complexity index is 1820. The number of carbonyl (C=O) groups excluding carboxylic acids is 2. The molecule has 1 N–H and O–H groups in total. The van der Waals surface area contributed by atoms with E-state index in [-0.39, 0.29) is 29.8 Å². The summed E-state index contributed by atoms with van der Waals surface area (Å²) in [6, 6.07) is 27.2. The summed E-state index contributed by atoms with van der Waals surface area (Å²) < 4.78 is 29.7. The van der Waals surface area contributed by atoms with E-state index >= 15 is 0 Å². The highest BCUT2D eigenvalue weighted by atomic mass is 35.5. The number of halogens is 2. The van der Waals surface area contributed by atoms with Gasteiger partial charge in [0.1, 0.15) is 12.6 Å². The van der Waals surface area contributed by atoms with E-state index < -0.39 is 28.5 Å². The van der Waals surface area contributed by atoms with Crippen molar-refractivity contribution in [2.75, 3.05) is 17.1 Å². The van der Waals surface area contributed by atoms with Crippen molar-refractivity contribution in [1.82, 2.24) is 10.2 Å². The van der Waals surface area contributed by atoms with E-state index in [1.807, 2.05) is 43.5 Å². The molecule has 48 heavy (non-hydrogen) atoms. The predicted molar refractivity (Wildman–Crippen MR) is 195 cm³/mol. The van der Waals surface area contributed by atoms with E-state index in [2.05, 4.69) is 5.32 Å². The van der Waals surface area contributed by atoms with Crippen LogP contribution in [-0.2, 0) is 32.6 Å². The van der Waals surface area contributed by atoms with Crippen molar-refractivity contribution in [3.05, 3.63) is 124 Å². The number of carbonyl (C=O) groups is 2. The largest absolute Gasteiger partial charge is 0.352 e. The van der Waals surface area contributed by atoms with Gasteiger partial charge in [-0.3, -0.25) is 13.9 Å². The number of nitrogens with zero attached hydrogens (tertiary/aromatic N) is 2. The monoisotopic (exact) mass is 723 g/mol. The minimum absolute atomic E-state index is 0.00944. The second-order valence-corrected chi connectivity index (χ2v) is 15.5. The van der Waals surface area contributed by atoms with Gasteiger partial charge >= 0.3 is 0 Å². The maximum absolute atomic E-state index is 14.7. The first-order valence-electron chi connectivity index (χ1n) is 15.9. The van der Waals surface area contributed by atoms with Gasteiger partial charge in [-0.05, 0) is 85.7 Å². The Kier molecular flexibility index (Phi) is 12.1. The molecule has 0 heterocycles. The molecule has 4 aromatic rings. The molecule has 0 aliphatic heterocycles. The molecule has 1 saturated carbocycles. The molecule has 7 nitrogen and oxygen atoms in total. The zero-order valence-electron chi connectivity index (χ0n) is 26.9. The van der Waals surface area contributed by atoms with Crippen molar-refractivity contribution in [1.29, 1.82) is 0 Å². The number of aryl methyl sites for hydroxylation is 1. The zero-order chi connectivity index (χ0) is 34.3. The minimum Gasteiger partial charge on any atom is -0.352 e. The Morgan fingerprint density at radius 2 is 1.54 bits per heavy atom. The van der Waals surface area contributed by atoms with Gasteiger partial charge in [0.05, 0.1) is 20.6 Å². The molecule has 1 aliphatic rings. The highest BCUT2D eigenvalue weighted by Gasteiger charge is 2.35. The second-order valence-electron chi connectivity index (χ2n) is 12.0. The molecule has 0 spiro atoms. The quantitative estimate of drug-likeness (QED) is 0.142. The molecule has 1 aliphatic carbocycles. The summed E-state index contributed by atoms with van der Waals surface area (Å²) in [5, 5.41) is 3.86. The Balaban J connectivity index is 1.57. The van der Waals surface area contributed by atoms with Crippen molar-refractivity contribution < 1.29 is 18.0 Å². The number of rotatable bonds is 13. The Morgan fingerprint density at radius 3 is 2.17 bits per heavy atom. The van der Waals surface area contributed by atoms with E-state index in [0.29, 0.717) is 21.3 Å². The zero-order valence-corrected chi connectivity index (χ0v) is 30.1. The van der Waals surface area contributed by atoms with Crippen LogP contribution in [0.15, 0.2) is 107 Å². The van der Waals surface area contributed by atoms with Crippen LogP contribution in [0.3, 0.4) is 0 Å². The standard InChI is InChI=1S/C37H39Cl2N3O4S2/c1-26-12-15-30(16-13-26)42(48(45,46)32-19-17-31(47-2)18-20-32)25-36(43)41(24-28-14-21-33(38)34(39)22-28)35(23-27-8-4-3-5-9-27)37(44)40-29-10-6-7-11-29/h3-5,8-9,12-22,29,35H,6-7,10-11,23-25H2,1-2H3,(H,40,44)/t35-/m1/s1. The van der Waals surface area contributed by atoms with E-state index in [0.717, 1.165) is 46.0 Å². The molecule has 0 bridgehead atoms. The number of benzene rings is 4. The SMILES string of the molecule is CSc1ccc(S(=O)(=O)N(CC(=O)N(Cc2ccc(Cl)c(Cl)c2)[C@H](Cc2ccccc2)C(=O)NC2CCCC2)c2ccc(C)cc2)cc1. The van der Waals surface area contributed by atoms with Crippen LogP contribution >= 0.6 is 35.0 Å². The Labute approximate surface area is 297 Å². The van der Waals surface area contributed by atoms with E-state index in [1.165, 1.54) is 16.7 Å². The fourth-order valence-corrected chi connectivity index (χ4v) is 8.01. The van der Waals surface area contributed by atoms with E-state index in [9.17, 15) is 18.0 Å². The molecule has 1 fully saturated rings. The fraction of sp³-hybridized carbons (Fsp3) is 0.297. The third-order valence-electron chi connectivity index (χ3n) is 8.56. The van der Waals surface area contributed by atoms with Gasteiger partial charge in [-0.15, -0.1) is 11.8 Å². The average Bonchev–Trinajstić information content (AvgIpc) is 3.60. The Hall–Kier alpha value is -3.50. The summed E-state index contributed by atoms with van der Waals surface area (Å²) in [5.74, 6) is -0.815. The van der Waals surface area contributed by atoms with E-state index in [1.54, 1.807) is 66.7 Å². The number of nitrogens with one attached hydrogen (secondary N) is 1. The first kappa shape index (κ1) is 35.8. The van der Waals surface area contributed by atoms with Crippen LogP contribution < -0.4 is 9.62 Å². The summed E-state index contributed by atoms with van der Waals surface area (Å²) in [5.41, 5.74) is 2.81. The van der Waals surface area contributed by atoms with Crippen molar-refractivity contribution in [2.24, 2.45) is 0 Å². The third-order valence-corrected chi connectivity index (χ3v) is 11.8. The van der Waals surface area contributed by atoms with Crippen LogP contribution in [0.2, 0.25) is 10.0 Å². The lowest BCUT2D eigenvalue weighted by atomic mass is 10.0. The smallest absolute Gasteiger partial charge is 0.264 e. The number of anilines is 1. The number of hydrogen-bond donors (Lipinski definition) is 1. The summed E-state index contributed by atoms with van der Waals surface area (Å²) in [7, 11) is -4.19. The normalized spacial score (nSPS) is 14.0. The Morgan fingerprint density at radius 1 is 0.875 bits per heavy atom. The lowest BCUT2D eigenvalue weighted by Gasteiger charge is -2.34. The highest BCUT2D eigenvalue weighted by Crippen LogP contribution is 2.28. The molecular weight excluding hydrogens is 685 g/mol. The molecule has 0 unspecified atom stereocenters. The minimum atomic E-state index is -4.19. The fourth-order valence-electron chi connectivity index (χ4n) is 5.87. The van der Waals surface area contributed by atoms with Crippen LogP contribution in [0.1, 0.15) is 42.4 Å². The van der Waals surface area contributed by atoms with Gasteiger partial charge in [0.2, 0.25) is 11.8 Å². The van der Waals surface area contributed by atoms with Gasteiger partial charge in [0.25, 0.3) is 10.0 Å². The van der Waals surface area contributed by atoms with Gasteiger partial charge in [-0.2, -0.15) is 0 Å². The molecule has 0 saturated heterocycles. The topological polar surface area (TPSA) is 86.8 Å². The molecule has 0 radical (unpaired) electrons. The summed E-state index contributed by atoms with van der Waals surface area (Å²) >= 11 is 14.1. The molecule has 11 heteroatoms. The number of thioether (sulfide) groups is 1. The first-order valence-corrected chi connectivity index (χ1v) is 19.3. The summed E-state index contributed by atoms with van der Waals surface area (Å²) in [6.07, 6.45) is 5.96. The van der Waals surface area contributed by atoms with Crippen LogP contribution in [-0.4, -0.2) is 50.0 Å². The van der Waals surface area contributed by atoms with E-state index in [4.69, 9.17) is 23.2 Å². The van der Waals surface area contributed by atoms with Crippen molar-refractivity contribution in [3.63, 3.8) is 0 Å². The first-order chi connectivity index (χ1) is 23.0. The van der Waals surface area contributed by atoms with Crippen molar-refractivity contribution >= 4 is 62.5 Å². The lowest BCUT2D eigenvalue weighted by Crippen LogP contribution is -2.54. The molecule has 252 valence electrons. The van der Waals surface area contributed by atoms with Crippen LogP contribution in [0, 0.1) is 6.92 Å². The average molecular weight is 725 g/mol. The number of amides is 2. The summed E-state index contributed by atoms with van der Waals surface area (Å²) in [6.45, 7) is 1.39. The van der Waals surface area contributed by atoms with Crippen LogP contribution in [0.4, 0.5) is 5.69 Å². The molecule has 0 aromatic heterocycles. The molecule has 5 rings (SSSR count). The van der Waals surface area contributed by atoms with Gasteiger partial charge < -0.3 is 10.2 Å². The maximum atomic E-state index is 14.7. The second kappa shape index (κ2) is 16.3. The third kappa shape index (κ3) is 8.94. The van der Waals surface area contributed by atoms with Gasteiger partial charge in [-0.1, -0.05) is 90.1 Å². The van der Waals surface area contributed by atoms with Crippen molar-refractivity contribution in [2.45, 2.75) is 67.4 Å². The van der Waals surface area contributed by atoms with Crippen molar-refractivity contribution in [3.8, 4) is 0 Å². The molecule has 1 atom stereocenters. The van der Waals surface area contributed by atoms with Crippen LogP contribution in [0.25, 0.3) is 0 Å². The molecule has 4 aromatic carbocycles. The van der Waals surface area contributed by atoms with Gasteiger partial charge in [0.15, 0.2) is 0 Å². The van der Waals surface area contributed by atoms with Gasteiger partial charge in [-0.25, -0.2) is 8.42 Å². The lowest BCUT2D eigenvalue weighted by molar-refractivity contribution is -0.140. The number of hydrogen-bond acceptors (Lipinski definition) is 5. The molecular formula is C37H39Cl2N3O4S2. The number of sulfonamides is 1. The van der Waals surface area contributed by atoms with Crippen LogP contribution in [0.5, 0.6) is 0 Å². The highest BCUT2D eigenvalue weighted by molar-refractivity contribution is 7.98.